The molecule has 1 aromatic rings. The van der Waals surface area contributed by atoms with Gasteiger partial charge in [-0.2, -0.15) is 0 Å². The molecule has 0 N–H and O–H groups in total. The molecular formula is C14H20O. The van der Waals surface area contributed by atoms with Gasteiger partial charge in [-0.25, -0.2) is 0 Å². The molecule has 0 aliphatic rings. The van der Waals surface area contributed by atoms with Crippen LogP contribution in [0.25, 0.3) is 0 Å². The summed E-state index contributed by atoms with van der Waals surface area (Å²) in [4.78, 5) is 12.0. The Labute approximate surface area is 92.5 Å². The van der Waals surface area contributed by atoms with Crippen molar-refractivity contribution in [2.45, 2.75) is 40.0 Å². The van der Waals surface area contributed by atoms with Gasteiger partial charge in [-0.3, -0.25) is 4.79 Å². The zero-order valence-corrected chi connectivity index (χ0v) is 10.1. The van der Waals surface area contributed by atoms with Gasteiger partial charge in [-0.15, -0.1) is 0 Å². The zero-order chi connectivity index (χ0) is 11.5. The molecule has 82 valence electrons. The molecule has 1 nitrogen and oxygen atoms in total. The molecule has 0 heterocycles. The molecule has 0 saturated carbocycles. The first kappa shape index (κ1) is 12.0. The summed E-state index contributed by atoms with van der Waals surface area (Å²) in [7, 11) is 0. The van der Waals surface area contributed by atoms with E-state index < -0.39 is 0 Å². The summed E-state index contributed by atoms with van der Waals surface area (Å²) in [5.41, 5.74) is 1.13. The van der Waals surface area contributed by atoms with Crippen molar-refractivity contribution < 1.29 is 4.79 Å². The topological polar surface area (TPSA) is 17.1 Å². The smallest absolute Gasteiger partial charge is 0.140 e. The van der Waals surface area contributed by atoms with E-state index in [1.165, 1.54) is 0 Å². The molecule has 1 atom stereocenters. The summed E-state index contributed by atoms with van der Waals surface area (Å²) in [6, 6.07) is 10.1. The third kappa shape index (κ3) is 2.92. The number of carbonyl (C=O) groups excluding carboxylic acids is 1. The predicted molar refractivity (Wildman–Crippen MR) is 63.9 cm³/mol. The van der Waals surface area contributed by atoms with E-state index in [0.29, 0.717) is 12.2 Å². The van der Waals surface area contributed by atoms with Gasteiger partial charge in [0.15, 0.2) is 0 Å². The van der Waals surface area contributed by atoms with Crippen LogP contribution < -0.4 is 0 Å². The van der Waals surface area contributed by atoms with Crippen LogP contribution in [0.5, 0.6) is 0 Å². The monoisotopic (exact) mass is 204 g/mol. The lowest BCUT2D eigenvalue weighted by Crippen LogP contribution is -2.25. The molecule has 1 heteroatoms. The molecular weight excluding hydrogens is 184 g/mol. The Morgan fingerprint density at radius 1 is 1.20 bits per heavy atom. The van der Waals surface area contributed by atoms with Crippen LogP contribution in [0.15, 0.2) is 30.3 Å². The molecule has 0 aliphatic carbocycles. The summed E-state index contributed by atoms with van der Waals surface area (Å²) in [6.07, 6.45) is 0.608. The molecule has 0 fully saturated rings. The number of Topliss-reactive ketones (excluding diaryl/α,β-unsaturated/α-hetero) is 1. The lowest BCUT2D eigenvalue weighted by molar-refractivity contribution is -0.122. The molecule has 0 aromatic heterocycles. The van der Waals surface area contributed by atoms with Crippen molar-refractivity contribution in [3.05, 3.63) is 35.9 Å². The van der Waals surface area contributed by atoms with Crippen LogP contribution in [0.3, 0.4) is 0 Å². The van der Waals surface area contributed by atoms with Crippen molar-refractivity contribution in [3.8, 4) is 0 Å². The van der Waals surface area contributed by atoms with Crippen molar-refractivity contribution >= 4 is 5.78 Å². The average molecular weight is 204 g/mol. The molecule has 0 aliphatic heterocycles. The maximum atomic E-state index is 12.0. The second kappa shape index (κ2) is 4.61. The minimum Gasteiger partial charge on any atom is -0.299 e. The van der Waals surface area contributed by atoms with Gasteiger partial charge in [0.2, 0.25) is 0 Å². The van der Waals surface area contributed by atoms with Crippen LogP contribution in [-0.2, 0) is 4.79 Å². The number of ketones is 1. The highest BCUT2D eigenvalue weighted by atomic mass is 16.1. The van der Waals surface area contributed by atoms with Gasteiger partial charge in [0, 0.05) is 12.3 Å². The summed E-state index contributed by atoms with van der Waals surface area (Å²) < 4.78 is 0. The molecule has 1 rings (SSSR count). The SMILES string of the molecule is CCC(=O)[C@H](c1ccccc1)C(C)(C)C. The second-order valence-corrected chi connectivity index (χ2v) is 5.03. The van der Waals surface area contributed by atoms with Crippen molar-refractivity contribution in [1.29, 1.82) is 0 Å². The summed E-state index contributed by atoms with van der Waals surface area (Å²) in [6.45, 7) is 8.30. The summed E-state index contributed by atoms with van der Waals surface area (Å²) >= 11 is 0. The van der Waals surface area contributed by atoms with Crippen molar-refractivity contribution in [1.82, 2.24) is 0 Å². The minimum atomic E-state index is -0.00551. The van der Waals surface area contributed by atoms with Crippen molar-refractivity contribution in [2.75, 3.05) is 0 Å². The van der Waals surface area contributed by atoms with Crippen LogP contribution >= 0.6 is 0 Å². The number of rotatable bonds is 3. The molecule has 0 amide bonds. The van der Waals surface area contributed by atoms with Gasteiger partial charge in [-0.1, -0.05) is 58.0 Å². The fourth-order valence-electron chi connectivity index (χ4n) is 2.02. The molecule has 0 unspecified atom stereocenters. The van der Waals surface area contributed by atoms with E-state index in [9.17, 15) is 4.79 Å². The van der Waals surface area contributed by atoms with E-state index in [-0.39, 0.29) is 11.3 Å². The first-order valence-electron chi connectivity index (χ1n) is 5.54. The quantitative estimate of drug-likeness (QED) is 0.732. The van der Waals surface area contributed by atoms with Gasteiger partial charge < -0.3 is 0 Å². The minimum absolute atomic E-state index is 0.00551. The molecule has 0 saturated heterocycles. The Balaban J connectivity index is 3.08. The maximum Gasteiger partial charge on any atom is 0.140 e. The van der Waals surface area contributed by atoms with Gasteiger partial charge >= 0.3 is 0 Å². The Morgan fingerprint density at radius 3 is 2.13 bits per heavy atom. The largest absolute Gasteiger partial charge is 0.299 e. The second-order valence-electron chi connectivity index (χ2n) is 5.03. The first-order valence-corrected chi connectivity index (χ1v) is 5.54. The lowest BCUT2D eigenvalue weighted by Gasteiger charge is -2.29. The molecule has 0 bridgehead atoms. The Morgan fingerprint density at radius 2 is 1.73 bits per heavy atom. The Hall–Kier alpha value is -1.11. The molecule has 15 heavy (non-hydrogen) atoms. The van der Waals surface area contributed by atoms with E-state index in [1.807, 2.05) is 37.3 Å². The Bertz CT molecular complexity index is 319. The average Bonchev–Trinajstić information content (AvgIpc) is 2.17. The number of hydrogen-bond acceptors (Lipinski definition) is 1. The van der Waals surface area contributed by atoms with E-state index >= 15 is 0 Å². The van der Waals surface area contributed by atoms with Gasteiger partial charge in [0.25, 0.3) is 0 Å². The van der Waals surface area contributed by atoms with Crippen LogP contribution in [-0.4, -0.2) is 5.78 Å². The maximum absolute atomic E-state index is 12.0. The number of benzene rings is 1. The van der Waals surface area contributed by atoms with E-state index in [4.69, 9.17) is 0 Å². The fourth-order valence-corrected chi connectivity index (χ4v) is 2.02. The molecule has 0 spiro atoms. The van der Waals surface area contributed by atoms with Gasteiger partial charge in [0.1, 0.15) is 5.78 Å². The van der Waals surface area contributed by atoms with Gasteiger partial charge in [-0.05, 0) is 11.0 Å². The highest BCUT2D eigenvalue weighted by Crippen LogP contribution is 2.36. The Kier molecular flexibility index (Phi) is 3.67. The van der Waals surface area contributed by atoms with E-state index in [2.05, 4.69) is 20.8 Å². The lowest BCUT2D eigenvalue weighted by atomic mass is 9.73. The number of carbonyl (C=O) groups is 1. The molecule has 1 aromatic carbocycles. The zero-order valence-electron chi connectivity index (χ0n) is 10.1. The standard InChI is InChI=1S/C14H20O/c1-5-12(15)13(14(2,3)4)11-9-7-6-8-10-11/h6-10,13H,5H2,1-4H3/t13-/m0/s1. The highest BCUT2D eigenvalue weighted by molar-refractivity contribution is 5.86. The van der Waals surface area contributed by atoms with Crippen molar-refractivity contribution in [2.24, 2.45) is 5.41 Å². The van der Waals surface area contributed by atoms with Crippen LogP contribution in [0.2, 0.25) is 0 Å². The van der Waals surface area contributed by atoms with Crippen LogP contribution in [0.4, 0.5) is 0 Å². The molecule has 0 radical (unpaired) electrons. The summed E-state index contributed by atoms with van der Waals surface area (Å²) in [5, 5.41) is 0. The van der Waals surface area contributed by atoms with E-state index in [1.54, 1.807) is 0 Å². The summed E-state index contributed by atoms with van der Waals surface area (Å²) in [5.74, 6) is 0.345. The normalized spacial score (nSPS) is 13.6. The van der Waals surface area contributed by atoms with E-state index in [0.717, 1.165) is 5.56 Å². The van der Waals surface area contributed by atoms with Gasteiger partial charge in [0.05, 0.1) is 0 Å². The predicted octanol–water partition coefficient (Wildman–Crippen LogP) is 3.80. The van der Waals surface area contributed by atoms with Crippen LogP contribution in [0, 0.1) is 5.41 Å². The first-order chi connectivity index (χ1) is 6.96. The third-order valence-electron chi connectivity index (χ3n) is 2.67. The fraction of sp³-hybridized carbons (Fsp3) is 0.500. The highest BCUT2D eigenvalue weighted by Gasteiger charge is 2.31. The third-order valence-corrected chi connectivity index (χ3v) is 2.67. The van der Waals surface area contributed by atoms with Crippen LogP contribution in [0.1, 0.15) is 45.6 Å². The van der Waals surface area contributed by atoms with Crippen molar-refractivity contribution in [3.63, 3.8) is 0 Å². The number of hydrogen-bond donors (Lipinski definition) is 0.